The Balaban J connectivity index is 2.40. The molecule has 3 nitrogen and oxygen atoms in total. The van der Waals surface area contributed by atoms with Crippen molar-refractivity contribution < 1.29 is 14.9 Å². The lowest BCUT2D eigenvalue weighted by Gasteiger charge is -2.30. The van der Waals surface area contributed by atoms with Crippen molar-refractivity contribution >= 4 is 0 Å². The van der Waals surface area contributed by atoms with Crippen LogP contribution in [0.4, 0.5) is 0 Å². The summed E-state index contributed by atoms with van der Waals surface area (Å²) in [6, 6.07) is 0. The van der Waals surface area contributed by atoms with E-state index < -0.39 is 6.29 Å². The number of ether oxygens (including phenoxy) is 1. The van der Waals surface area contributed by atoms with Gasteiger partial charge in [-0.05, 0) is 25.2 Å². The predicted octanol–water partition coefficient (Wildman–Crippen LogP) is 0.750. The van der Waals surface area contributed by atoms with E-state index in [1.165, 1.54) is 0 Å². The van der Waals surface area contributed by atoms with Crippen LogP contribution >= 0.6 is 0 Å². The van der Waals surface area contributed by atoms with Crippen molar-refractivity contribution in [2.45, 2.75) is 32.5 Å². The van der Waals surface area contributed by atoms with Gasteiger partial charge in [0.25, 0.3) is 0 Å². The van der Waals surface area contributed by atoms with Crippen LogP contribution in [0.15, 0.2) is 0 Å². The van der Waals surface area contributed by atoms with Gasteiger partial charge in [-0.3, -0.25) is 0 Å². The van der Waals surface area contributed by atoms with Crippen LogP contribution in [-0.4, -0.2) is 29.7 Å². The standard InChI is InChI=1S/C9H18O3/c1-2-8(9(10)11)7-4-3-5-12-6-7/h7-11H,2-6H2,1H3. The van der Waals surface area contributed by atoms with Gasteiger partial charge in [0.15, 0.2) is 6.29 Å². The molecule has 72 valence electrons. The fraction of sp³-hybridized carbons (Fsp3) is 1.00. The van der Waals surface area contributed by atoms with E-state index in [9.17, 15) is 0 Å². The van der Waals surface area contributed by atoms with Crippen molar-refractivity contribution in [1.82, 2.24) is 0 Å². The van der Waals surface area contributed by atoms with E-state index >= 15 is 0 Å². The minimum Gasteiger partial charge on any atom is -0.381 e. The van der Waals surface area contributed by atoms with Gasteiger partial charge in [0, 0.05) is 19.1 Å². The number of rotatable bonds is 3. The monoisotopic (exact) mass is 174 g/mol. The first-order valence-electron chi connectivity index (χ1n) is 4.69. The first-order valence-corrected chi connectivity index (χ1v) is 4.69. The minimum absolute atomic E-state index is 0.00898. The zero-order valence-corrected chi connectivity index (χ0v) is 7.57. The lowest BCUT2D eigenvalue weighted by atomic mass is 9.85. The topological polar surface area (TPSA) is 49.7 Å². The molecule has 2 N–H and O–H groups in total. The van der Waals surface area contributed by atoms with Crippen molar-refractivity contribution in [3.8, 4) is 0 Å². The molecule has 0 aromatic rings. The van der Waals surface area contributed by atoms with Crippen LogP contribution in [0.3, 0.4) is 0 Å². The van der Waals surface area contributed by atoms with Gasteiger partial charge in [0.2, 0.25) is 0 Å². The molecule has 2 atom stereocenters. The molecule has 1 rings (SSSR count). The van der Waals surface area contributed by atoms with Crippen LogP contribution in [0, 0.1) is 11.8 Å². The molecule has 1 aliphatic rings. The fourth-order valence-corrected chi connectivity index (χ4v) is 1.89. The maximum Gasteiger partial charge on any atom is 0.154 e. The van der Waals surface area contributed by atoms with E-state index in [0.29, 0.717) is 12.5 Å². The third kappa shape index (κ3) is 2.44. The molecule has 0 amide bonds. The molecule has 0 aliphatic carbocycles. The fourth-order valence-electron chi connectivity index (χ4n) is 1.89. The molecule has 12 heavy (non-hydrogen) atoms. The van der Waals surface area contributed by atoms with Gasteiger partial charge >= 0.3 is 0 Å². The molecule has 1 heterocycles. The molecule has 1 saturated heterocycles. The summed E-state index contributed by atoms with van der Waals surface area (Å²) >= 11 is 0. The minimum atomic E-state index is -1.18. The Bertz CT molecular complexity index is 119. The van der Waals surface area contributed by atoms with E-state index in [0.717, 1.165) is 25.9 Å². The molecule has 0 aromatic carbocycles. The molecule has 0 spiro atoms. The van der Waals surface area contributed by atoms with Crippen LogP contribution in [0.25, 0.3) is 0 Å². The van der Waals surface area contributed by atoms with Crippen LogP contribution in [0.1, 0.15) is 26.2 Å². The highest BCUT2D eigenvalue weighted by Crippen LogP contribution is 2.26. The zero-order valence-electron chi connectivity index (χ0n) is 7.57. The molecular formula is C9H18O3. The summed E-state index contributed by atoms with van der Waals surface area (Å²) in [6.45, 7) is 3.50. The Hall–Kier alpha value is -0.120. The van der Waals surface area contributed by atoms with E-state index in [2.05, 4.69) is 0 Å². The number of hydrogen-bond acceptors (Lipinski definition) is 3. The van der Waals surface area contributed by atoms with Crippen LogP contribution in [0.5, 0.6) is 0 Å². The third-order valence-electron chi connectivity index (χ3n) is 2.66. The smallest absolute Gasteiger partial charge is 0.154 e. The number of aliphatic hydroxyl groups is 2. The summed E-state index contributed by atoms with van der Waals surface area (Å²) in [5, 5.41) is 18.1. The Kier molecular flexibility index (Phi) is 3.98. The van der Waals surface area contributed by atoms with Crippen molar-refractivity contribution in [3.63, 3.8) is 0 Å². The van der Waals surface area contributed by atoms with E-state index in [4.69, 9.17) is 14.9 Å². The quantitative estimate of drug-likeness (QED) is 0.621. The molecule has 0 aromatic heterocycles. The largest absolute Gasteiger partial charge is 0.381 e. The van der Waals surface area contributed by atoms with Crippen molar-refractivity contribution in [1.29, 1.82) is 0 Å². The number of hydrogen-bond donors (Lipinski definition) is 2. The lowest BCUT2D eigenvalue weighted by Crippen LogP contribution is -2.32. The zero-order chi connectivity index (χ0) is 8.97. The van der Waals surface area contributed by atoms with Gasteiger partial charge in [-0.25, -0.2) is 0 Å². The highest BCUT2D eigenvalue weighted by Gasteiger charge is 2.27. The predicted molar refractivity (Wildman–Crippen MR) is 45.5 cm³/mol. The van der Waals surface area contributed by atoms with Crippen LogP contribution in [0.2, 0.25) is 0 Å². The molecule has 0 radical (unpaired) electrons. The second-order valence-electron chi connectivity index (χ2n) is 3.46. The van der Waals surface area contributed by atoms with E-state index in [1.807, 2.05) is 6.92 Å². The van der Waals surface area contributed by atoms with Gasteiger partial charge in [-0.15, -0.1) is 0 Å². The van der Waals surface area contributed by atoms with Gasteiger partial charge in [-0.1, -0.05) is 6.92 Å². The van der Waals surface area contributed by atoms with E-state index in [-0.39, 0.29) is 5.92 Å². The summed E-state index contributed by atoms with van der Waals surface area (Å²) in [5.74, 6) is 0.328. The van der Waals surface area contributed by atoms with Crippen molar-refractivity contribution in [2.24, 2.45) is 11.8 Å². The highest BCUT2D eigenvalue weighted by atomic mass is 16.5. The Morgan fingerprint density at radius 3 is 2.67 bits per heavy atom. The third-order valence-corrected chi connectivity index (χ3v) is 2.66. The first-order chi connectivity index (χ1) is 5.75. The summed E-state index contributed by atoms with van der Waals surface area (Å²) in [6.07, 6.45) is 1.75. The normalized spacial score (nSPS) is 27.5. The van der Waals surface area contributed by atoms with Gasteiger partial charge in [-0.2, -0.15) is 0 Å². The molecule has 2 unspecified atom stereocenters. The second kappa shape index (κ2) is 4.80. The summed E-state index contributed by atoms with van der Waals surface area (Å²) in [7, 11) is 0. The summed E-state index contributed by atoms with van der Waals surface area (Å²) in [4.78, 5) is 0. The molecular weight excluding hydrogens is 156 g/mol. The maximum atomic E-state index is 9.06. The lowest BCUT2D eigenvalue weighted by molar-refractivity contribution is -0.119. The van der Waals surface area contributed by atoms with Gasteiger partial charge in [0.1, 0.15) is 0 Å². The molecule has 3 heteroatoms. The summed E-state index contributed by atoms with van der Waals surface area (Å²) < 4.78 is 5.29. The SMILES string of the molecule is CCC(C(O)O)C1CCCOC1. The molecule has 0 bridgehead atoms. The molecule has 1 fully saturated rings. The first kappa shape index (κ1) is 9.96. The molecule has 1 aliphatic heterocycles. The van der Waals surface area contributed by atoms with Gasteiger partial charge in [0.05, 0.1) is 0 Å². The molecule has 0 saturated carbocycles. The van der Waals surface area contributed by atoms with E-state index in [1.54, 1.807) is 0 Å². The average molecular weight is 174 g/mol. The van der Waals surface area contributed by atoms with Gasteiger partial charge < -0.3 is 14.9 Å². The van der Waals surface area contributed by atoms with Crippen LogP contribution < -0.4 is 0 Å². The Morgan fingerprint density at radius 2 is 2.25 bits per heavy atom. The van der Waals surface area contributed by atoms with Crippen molar-refractivity contribution in [3.05, 3.63) is 0 Å². The number of aliphatic hydroxyl groups excluding tert-OH is 1. The average Bonchev–Trinajstić information content (AvgIpc) is 2.07. The maximum absolute atomic E-state index is 9.06. The van der Waals surface area contributed by atoms with Crippen molar-refractivity contribution in [2.75, 3.05) is 13.2 Å². The van der Waals surface area contributed by atoms with Crippen LogP contribution in [-0.2, 0) is 4.74 Å². The second-order valence-corrected chi connectivity index (χ2v) is 3.46. The highest BCUT2D eigenvalue weighted by molar-refractivity contribution is 4.72. The Morgan fingerprint density at radius 1 is 1.50 bits per heavy atom. The Labute approximate surface area is 73.4 Å². The summed E-state index contributed by atoms with van der Waals surface area (Å²) in [5.41, 5.74) is 0.